The van der Waals surface area contributed by atoms with Crippen LogP contribution in [0.1, 0.15) is 31.6 Å². The molecule has 0 aliphatic rings. The number of benzene rings is 1. The van der Waals surface area contributed by atoms with E-state index in [-0.39, 0.29) is 12.5 Å². The summed E-state index contributed by atoms with van der Waals surface area (Å²) < 4.78 is 10.7. The maximum atomic E-state index is 12.0. The van der Waals surface area contributed by atoms with Crippen LogP contribution in [-0.4, -0.2) is 32.9 Å². The van der Waals surface area contributed by atoms with Gasteiger partial charge in [0.15, 0.2) is 12.4 Å². The number of ether oxygens (including phenoxy) is 1. The molecule has 0 atom stereocenters. The van der Waals surface area contributed by atoms with E-state index in [4.69, 9.17) is 9.26 Å². The molecule has 8 nitrogen and oxygen atoms in total. The molecule has 2 aromatic heterocycles. The van der Waals surface area contributed by atoms with E-state index >= 15 is 0 Å². The summed E-state index contributed by atoms with van der Waals surface area (Å²) in [6, 6.07) is 7.13. The molecule has 142 valence electrons. The van der Waals surface area contributed by atoms with Crippen molar-refractivity contribution in [2.45, 2.75) is 33.6 Å². The van der Waals surface area contributed by atoms with E-state index in [9.17, 15) is 4.79 Å². The molecule has 3 rings (SSSR count). The van der Waals surface area contributed by atoms with E-state index in [2.05, 4.69) is 39.5 Å². The third kappa shape index (κ3) is 5.33. The van der Waals surface area contributed by atoms with Crippen molar-refractivity contribution in [1.29, 1.82) is 0 Å². The molecule has 1 N–H and O–H groups in total. The van der Waals surface area contributed by atoms with Gasteiger partial charge >= 0.3 is 0 Å². The lowest BCUT2D eigenvalue weighted by Crippen LogP contribution is -2.20. The van der Waals surface area contributed by atoms with Gasteiger partial charge in [0, 0.05) is 18.4 Å². The number of anilines is 1. The van der Waals surface area contributed by atoms with Gasteiger partial charge in [0.2, 0.25) is 5.13 Å². The first-order valence-electron chi connectivity index (χ1n) is 8.71. The minimum atomic E-state index is -0.282. The third-order valence-electron chi connectivity index (χ3n) is 3.55. The predicted octanol–water partition coefficient (Wildman–Crippen LogP) is 3.37. The van der Waals surface area contributed by atoms with E-state index in [0.29, 0.717) is 34.9 Å². The van der Waals surface area contributed by atoms with Crippen molar-refractivity contribution in [2.24, 2.45) is 5.92 Å². The third-order valence-corrected chi connectivity index (χ3v) is 4.41. The molecule has 0 spiro atoms. The Bertz CT molecular complexity index is 889. The second-order valence-corrected chi connectivity index (χ2v) is 7.39. The first-order valence-corrected chi connectivity index (χ1v) is 9.53. The standard InChI is InChI=1S/C18H21N5O3S/c1-4-14-19-17(26-23-14)12-5-7-13(8-6-12)25-10-15(24)20-18-22-21-16(27-18)9-11(2)3/h5-8,11H,4,9-10H2,1-3H3,(H,20,22,24). The van der Waals surface area contributed by atoms with Crippen molar-refractivity contribution < 1.29 is 14.1 Å². The van der Waals surface area contributed by atoms with Crippen molar-refractivity contribution in [3.05, 3.63) is 35.1 Å². The lowest BCUT2D eigenvalue weighted by molar-refractivity contribution is -0.118. The summed E-state index contributed by atoms with van der Waals surface area (Å²) in [5, 5.41) is 16.0. The van der Waals surface area contributed by atoms with Gasteiger partial charge in [-0.05, 0) is 30.2 Å². The number of carbonyl (C=O) groups excluding carboxylic acids is 1. The Morgan fingerprint density at radius 3 is 2.70 bits per heavy atom. The van der Waals surface area contributed by atoms with Crippen LogP contribution in [0.4, 0.5) is 5.13 Å². The van der Waals surface area contributed by atoms with Crippen LogP contribution < -0.4 is 10.1 Å². The van der Waals surface area contributed by atoms with Gasteiger partial charge < -0.3 is 9.26 Å². The van der Waals surface area contributed by atoms with E-state index < -0.39 is 0 Å². The zero-order valence-corrected chi connectivity index (χ0v) is 16.2. The first-order chi connectivity index (χ1) is 13.0. The van der Waals surface area contributed by atoms with Crippen molar-refractivity contribution in [3.8, 4) is 17.2 Å². The summed E-state index contributed by atoms with van der Waals surface area (Å²) >= 11 is 1.38. The number of hydrogen-bond donors (Lipinski definition) is 1. The normalized spacial score (nSPS) is 11.0. The molecule has 27 heavy (non-hydrogen) atoms. The van der Waals surface area contributed by atoms with Crippen LogP contribution in [0.5, 0.6) is 5.75 Å². The molecule has 2 heterocycles. The van der Waals surface area contributed by atoms with Gasteiger partial charge in [-0.1, -0.05) is 37.3 Å². The molecular formula is C18H21N5O3S. The Balaban J connectivity index is 1.50. The highest BCUT2D eigenvalue weighted by atomic mass is 32.1. The largest absolute Gasteiger partial charge is 0.484 e. The summed E-state index contributed by atoms with van der Waals surface area (Å²) in [6.07, 6.45) is 1.56. The topological polar surface area (TPSA) is 103 Å². The van der Waals surface area contributed by atoms with Gasteiger partial charge in [0.25, 0.3) is 11.8 Å². The lowest BCUT2D eigenvalue weighted by atomic mass is 10.1. The average molecular weight is 387 g/mol. The molecule has 0 aliphatic heterocycles. The van der Waals surface area contributed by atoms with Crippen LogP contribution in [-0.2, 0) is 17.6 Å². The van der Waals surface area contributed by atoms with Gasteiger partial charge in [-0.15, -0.1) is 10.2 Å². The molecule has 3 aromatic rings. The van der Waals surface area contributed by atoms with Gasteiger partial charge in [-0.25, -0.2) is 0 Å². The summed E-state index contributed by atoms with van der Waals surface area (Å²) in [4.78, 5) is 16.3. The molecule has 0 bridgehead atoms. The molecule has 9 heteroatoms. The van der Waals surface area contributed by atoms with Crippen LogP contribution in [0.3, 0.4) is 0 Å². The van der Waals surface area contributed by atoms with Crippen LogP contribution in [0.25, 0.3) is 11.5 Å². The maximum Gasteiger partial charge on any atom is 0.264 e. The summed E-state index contributed by atoms with van der Waals surface area (Å²) in [6.45, 7) is 6.07. The Hall–Kier alpha value is -2.81. The smallest absolute Gasteiger partial charge is 0.264 e. The van der Waals surface area contributed by atoms with Crippen molar-refractivity contribution in [3.63, 3.8) is 0 Å². The Morgan fingerprint density at radius 2 is 2.04 bits per heavy atom. The van der Waals surface area contributed by atoms with Crippen LogP contribution in [0.15, 0.2) is 28.8 Å². The number of aromatic nitrogens is 4. The maximum absolute atomic E-state index is 12.0. The zero-order chi connectivity index (χ0) is 19.2. The van der Waals surface area contributed by atoms with Gasteiger partial charge in [-0.2, -0.15) is 4.98 Å². The zero-order valence-electron chi connectivity index (χ0n) is 15.4. The molecule has 0 saturated carbocycles. The second-order valence-electron chi connectivity index (χ2n) is 6.33. The molecule has 0 radical (unpaired) electrons. The Kier molecular flexibility index (Phi) is 6.12. The van der Waals surface area contributed by atoms with Crippen LogP contribution >= 0.6 is 11.3 Å². The average Bonchev–Trinajstić information content (AvgIpc) is 3.29. The number of nitrogens with zero attached hydrogens (tertiary/aromatic N) is 4. The van der Waals surface area contributed by atoms with E-state index in [1.54, 1.807) is 12.1 Å². The fraction of sp³-hybridized carbons (Fsp3) is 0.389. The number of carbonyl (C=O) groups is 1. The Morgan fingerprint density at radius 1 is 1.26 bits per heavy atom. The number of amides is 1. The number of rotatable bonds is 8. The van der Waals surface area contributed by atoms with Crippen molar-refractivity contribution >= 4 is 22.4 Å². The molecule has 1 aromatic carbocycles. The number of hydrogen-bond acceptors (Lipinski definition) is 8. The fourth-order valence-electron chi connectivity index (χ4n) is 2.25. The fourth-order valence-corrected chi connectivity index (χ4v) is 3.22. The molecule has 0 saturated heterocycles. The molecule has 0 fully saturated rings. The Labute approximate surface area is 161 Å². The minimum absolute atomic E-state index is 0.112. The summed E-state index contributed by atoms with van der Waals surface area (Å²) in [7, 11) is 0. The molecular weight excluding hydrogens is 366 g/mol. The molecule has 1 amide bonds. The number of aryl methyl sites for hydroxylation is 1. The summed E-state index contributed by atoms with van der Waals surface area (Å²) in [5.41, 5.74) is 0.797. The highest BCUT2D eigenvalue weighted by molar-refractivity contribution is 7.15. The first kappa shape index (κ1) is 19.0. The van der Waals surface area contributed by atoms with Gasteiger partial charge in [0.1, 0.15) is 10.8 Å². The number of nitrogens with one attached hydrogen (secondary N) is 1. The van der Waals surface area contributed by atoms with E-state index in [0.717, 1.165) is 17.0 Å². The van der Waals surface area contributed by atoms with Gasteiger partial charge in [-0.3, -0.25) is 10.1 Å². The van der Waals surface area contributed by atoms with Crippen LogP contribution in [0, 0.1) is 5.92 Å². The lowest BCUT2D eigenvalue weighted by Gasteiger charge is -2.05. The van der Waals surface area contributed by atoms with E-state index in [1.165, 1.54) is 11.3 Å². The van der Waals surface area contributed by atoms with Gasteiger partial charge in [0.05, 0.1) is 0 Å². The highest BCUT2D eigenvalue weighted by Crippen LogP contribution is 2.21. The van der Waals surface area contributed by atoms with Crippen LogP contribution in [0.2, 0.25) is 0 Å². The SMILES string of the molecule is CCc1noc(-c2ccc(OCC(=O)Nc3nnc(CC(C)C)s3)cc2)n1. The highest BCUT2D eigenvalue weighted by Gasteiger charge is 2.11. The second kappa shape index (κ2) is 8.72. The monoisotopic (exact) mass is 387 g/mol. The quantitative estimate of drug-likeness (QED) is 0.632. The predicted molar refractivity (Wildman–Crippen MR) is 102 cm³/mol. The van der Waals surface area contributed by atoms with Crippen molar-refractivity contribution in [2.75, 3.05) is 11.9 Å². The summed E-state index contributed by atoms with van der Waals surface area (Å²) in [5.74, 6) is 1.91. The molecule has 0 aliphatic carbocycles. The minimum Gasteiger partial charge on any atom is -0.484 e. The van der Waals surface area contributed by atoms with Crippen molar-refractivity contribution in [1.82, 2.24) is 20.3 Å². The van der Waals surface area contributed by atoms with E-state index in [1.807, 2.05) is 19.1 Å². The molecule has 0 unspecified atom stereocenters.